The van der Waals surface area contributed by atoms with Gasteiger partial charge in [0.1, 0.15) is 40.9 Å². The summed E-state index contributed by atoms with van der Waals surface area (Å²) in [4.78, 5) is 25.0. The number of aromatic nitrogens is 1. The molecule has 0 spiro atoms. The van der Waals surface area contributed by atoms with Crippen molar-refractivity contribution >= 4 is 28.4 Å². The van der Waals surface area contributed by atoms with Crippen LogP contribution in [0.3, 0.4) is 0 Å². The van der Waals surface area contributed by atoms with Crippen LogP contribution >= 0.6 is 11.6 Å². The third kappa shape index (κ3) is 2.29. The van der Waals surface area contributed by atoms with Gasteiger partial charge < -0.3 is 16.0 Å². The summed E-state index contributed by atoms with van der Waals surface area (Å²) in [6.07, 6.45) is 1.06. The lowest BCUT2D eigenvalue weighted by molar-refractivity contribution is 0.604. The molecule has 0 aliphatic rings. The van der Waals surface area contributed by atoms with E-state index in [1.165, 1.54) is 12.1 Å². The van der Waals surface area contributed by atoms with Crippen LogP contribution in [0.25, 0.3) is 22.1 Å². The number of nitriles is 2. The summed E-state index contributed by atoms with van der Waals surface area (Å²) < 4.78 is 5.87. The molecule has 3 rings (SSSR count). The summed E-state index contributed by atoms with van der Waals surface area (Å²) in [6.45, 7) is 0. The monoisotopic (exact) mass is 353 g/mol. The first-order valence-electron chi connectivity index (χ1n) is 6.76. The van der Waals surface area contributed by atoms with Crippen molar-refractivity contribution in [3.63, 3.8) is 0 Å². The van der Waals surface area contributed by atoms with Crippen molar-refractivity contribution in [3.8, 4) is 23.3 Å². The zero-order valence-electron chi connectivity index (χ0n) is 12.4. The van der Waals surface area contributed by atoms with E-state index >= 15 is 0 Å². The van der Waals surface area contributed by atoms with Crippen molar-refractivity contribution in [3.05, 3.63) is 61.2 Å². The lowest BCUT2D eigenvalue weighted by atomic mass is 9.97. The molecule has 122 valence electrons. The van der Waals surface area contributed by atoms with Gasteiger partial charge in [-0.15, -0.1) is 0 Å². The maximum Gasteiger partial charge on any atom is 0.289 e. The molecule has 0 saturated heterocycles. The van der Waals surface area contributed by atoms with Crippen molar-refractivity contribution in [2.75, 3.05) is 11.6 Å². The van der Waals surface area contributed by atoms with E-state index in [0.29, 0.717) is 9.70 Å². The van der Waals surface area contributed by atoms with Gasteiger partial charge >= 0.3 is 0 Å². The Hall–Kier alpha value is -3.75. The molecule has 2 aromatic heterocycles. The molecule has 25 heavy (non-hydrogen) atoms. The first-order valence-corrected chi connectivity index (χ1v) is 7.13. The third-order valence-electron chi connectivity index (χ3n) is 3.68. The van der Waals surface area contributed by atoms with Gasteiger partial charge in [0.2, 0.25) is 5.43 Å². The quantitative estimate of drug-likeness (QED) is 0.625. The summed E-state index contributed by atoms with van der Waals surface area (Å²) in [5, 5.41) is 19.1. The number of nitrogens with two attached hydrogens (primary N) is 2. The van der Waals surface area contributed by atoms with Gasteiger partial charge in [0.05, 0.1) is 10.9 Å². The van der Waals surface area contributed by atoms with Crippen LogP contribution in [0.5, 0.6) is 0 Å². The Morgan fingerprint density at radius 2 is 1.84 bits per heavy atom. The molecule has 1 aromatic carbocycles. The highest BCUT2D eigenvalue weighted by Gasteiger charge is 2.24. The number of halogens is 1. The Bertz CT molecular complexity index is 1240. The van der Waals surface area contributed by atoms with Crippen LogP contribution in [0.1, 0.15) is 11.1 Å². The van der Waals surface area contributed by atoms with Crippen molar-refractivity contribution < 1.29 is 4.42 Å². The number of benzene rings is 1. The van der Waals surface area contributed by atoms with E-state index in [0.717, 1.165) is 6.26 Å². The molecule has 0 saturated carbocycles. The minimum Gasteiger partial charge on any atom is -0.463 e. The summed E-state index contributed by atoms with van der Waals surface area (Å²) in [5.41, 5.74) is 3.33. The number of pyridine rings is 1. The predicted molar refractivity (Wildman–Crippen MR) is 91.2 cm³/mol. The maximum absolute atomic E-state index is 12.8. The largest absolute Gasteiger partial charge is 0.463 e. The first kappa shape index (κ1) is 16.1. The van der Waals surface area contributed by atoms with Gasteiger partial charge in [-0.1, -0.05) is 11.6 Å². The van der Waals surface area contributed by atoms with Crippen molar-refractivity contribution in [2.24, 2.45) is 0 Å². The van der Waals surface area contributed by atoms with Crippen LogP contribution in [-0.2, 0) is 0 Å². The van der Waals surface area contributed by atoms with Crippen LogP contribution in [0.15, 0.2) is 38.5 Å². The molecule has 0 aliphatic heterocycles. The second kappa shape index (κ2) is 5.71. The zero-order valence-corrected chi connectivity index (χ0v) is 13.2. The highest BCUT2D eigenvalue weighted by molar-refractivity contribution is 6.31. The predicted octanol–water partition coefficient (Wildman–Crippen LogP) is 1.31. The van der Waals surface area contributed by atoms with Crippen LogP contribution in [0.2, 0.25) is 5.02 Å². The second-order valence-electron chi connectivity index (χ2n) is 5.03. The highest BCUT2D eigenvalue weighted by Crippen LogP contribution is 2.28. The van der Waals surface area contributed by atoms with E-state index < -0.39 is 16.6 Å². The standard InChI is InChI=1S/C16H8ClN5O3/c17-7-1-2-12-8(3-7)14(23)11(6-25-12)13-9(4-18)15(20)22(21)16(24)10(13)5-19/h1-3,6H,20-21H2. The Morgan fingerprint density at radius 1 is 1.16 bits per heavy atom. The summed E-state index contributed by atoms with van der Waals surface area (Å²) >= 11 is 5.90. The van der Waals surface area contributed by atoms with E-state index in [-0.39, 0.29) is 33.5 Å². The maximum atomic E-state index is 12.8. The molecule has 0 amide bonds. The summed E-state index contributed by atoms with van der Waals surface area (Å²) in [6, 6.07) is 7.87. The number of nitrogen functional groups attached to an aromatic ring is 2. The van der Waals surface area contributed by atoms with E-state index in [2.05, 4.69) is 0 Å². The number of fused-ring (bicyclic) bond motifs is 1. The summed E-state index contributed by atoms with van der Waals surface area (Å²) in [7, 11) is 0. The molecule has 3 aromatic rings. The Balaban J connectivity index is 2.55. The van der Waals surface area contributed by atoms with Crippen LogP contribution in [0, 0.1) is 22.7 Å². The number of nitrogens with zero attached hydrogens (tertiary/aromatic N) is 3. The molecule has 4 N–H and O–H groups in total. The topological polar surface area (TPSA) is 152 Å². The molecule has 0 atom stereocenters. The Morgan fingerprint density at radius 3 is 2.48 bits per heavy atom. The highest BCUT2D eigenvalue weighted by atomic mass is 35.5. The number of rotatable bonds is 1. The van der Waals surface area contributed by atoms with E-state index in [9.17, 15) is 20.1 Å². The second-order valence-corrected chi connectivity index (χ2v) is 5.46. The van der Waals surface area contributed by atoms with E-state index in [1.54, 1.807) is 18.2 Å². The van der Waals surface area contributed by atoms with Gasteiger partial charge in [-0.3, -0.25) is 9.59 Å². The minimum atomic E-state index is -0.931. The molecule has 0 unspecified atom stereocenters. The van der Waals surface area contributed by atoms with E-state index in [1.807, 2.05) is 0 Å². The number of hydrogen-bond acceptors (Lipinski definition) is 7. The lowest BCUT2D eigenvalue weighted by Crippen LogP contribution is -2.33. The molecular weight excluding hydrogens is 346 g/mol. The van der Waals surface area contributed by atoms with Crippen LogP contribution < -0.4 is 22.6 Å². The molecule has 0 fully saturated rings. The molecule has 8 nitrogen and oxygen atoms in total. The molecule has 9 heteroatoms. The van der Waals surface area contributed by atoms with Gasteiger partial charge in [0.25, 0.3) is 5.56 Å². The molecule has 2 heterocycles. The third-order valence-corrected chi connectivity index (χ3v) is 3.91. The summed E-state index contributed by atoms with van der Waals surface area (Å²) in [5.74, 6) is 5.12. The van der Waals surface area contributed by atoms with Gasteiger partial charge in [-0.05, 0) is 18.2 Å². The van der Waals surface area contributed by atoms with Gasteiger partial charge in [-0.25, -0.2) is 4.68 Å². The van der Waals surface area contributed by atoms with Crippen LogP contribution in [0.4, 0.5) is 5.82 Å². The minimum absolute atomic E-state index is 0.133. The Labute approximate surface area is 144 Å². The Kier molecular flexibility index (Phi) is 3.68. The van der Waals surface area contributed by atoms with Crippen molar-refractivity contribution in [2.45, 2.75) is 0 Å². The van der Waals surface area contributed by atoms with Gasteiger partial charge in [0, 0.05) is 10.6 Å². The molecule has 0 aliphatic carbocycles. The van der Waals surface area contributed by atoms with Crippen LogP contribution in [-0.4, -0.2) is 4.68 Å². The number of anilines is 1. The van der Waals surface area contributed by atoms with Gasteiger partial charge in [0.15, 0.2) is 0 Å². The lowest BCUT2D eigenvalue weighted by Gasteiger charge is -2.11. The average Bonchev–Trinajstić information content (AvgIpc) is 2.60. The average molecular weight is 354 g/mol. The normalized spacial score (nSPS) is 10.4. The smallest absolute Gasteiger partial charge is 0.289 e. The fourth-order valence-corrected chi connectivity index (χ4v) is 2.64. The fraction of sp³-hybridized carbons (Fsp3) is 0. The van der Waals surface area contributed by atoms with E-state index in [4.69, 9.17) is 27.6 Å². The SMILES string of the molecule is N#Cc1c(-c2coc3ccc(Cl)cc3c2=O)c(C#N)c(=O)n(N)c1N. The van der Waals surface area contributed by atoms with Gasteiger partial charge in [-0.2, -0.15) is 10.5 Å². The fourth-order valence-electron chi connectivity index (χ4n) is 2.47. The van der Waals surface area contributed by atoms with Crippen molar-refractivity contribution in [1.82, 2.24) is 4.68 Å². The molecule has 0 bridgehead atoms. The number of hydrogen-bond donors (Lipinski definition) is 2. The first-order chi connectivity index (χ1) is 11.9. The zero-order chi connectivity index (χ0) is 18.3. The molecule has 0 radical (unpaired) electrons. The van der Waals surface area contributed by atoms with Crippen molar-refractivity contribution in [1.29, 1.82) is 10.5 Å². The molecular formula is C16H8ClN5O3.